The number of hydrogen-bond acceptors (Lipinski definition) is 3. The molecule has 186 valence electrons. The molecule has 2 amide bonds. The van der Waals surface area contributed by atoms with Crippen LogP contribution in [0.4, 0.5) is 0 Å². The molecule has 0 aromatic heterocycles. The van der Waals surface area contributed by atoms with Crippen LogP contribution in [-0.4, -0.2) is 35.9 Å². The second kappa shape index (κ2) is 12.6. The molecule has 8 heteroatoms. The second-order valence-corrected chi connectivity index (χ2v) is 10.3. The largest absolute Gasteiger partial charge is 0.483 e. The number of benzene rings is 3. The number of fused-ring (bicyclic) bond motifs is 1. The van der Waals surface area contributed by atoms with Gasteiger partial charge in [0.25, 0.3) is 5.91 Å². The summed E-state index contributed by atoms with van der Waals surface area (Å²) in [6.07, 6.45) is 0.445. The molecular weight excluding hydrogens is 551 g/mol. The number of halogens is 3. The number of ether oxygens (including phenoxy) is 1. The Labute approximate surface area is 224 Å². The number of hydrogen-bond donors (Lipinski definition) is 1. The molecule has 0 aliphatic carbocycles. The lowest BCUT2D eigenvalue weighted by Gasteiger charge is -2.31. The highest BCUT2D eigenvalue weighted by Crippen LogP contribution is 2.33. The van der Waals surface area contributed by atoms with E-state index >= 15 is 0 Å². The normalized spacial score (nSPS) is 12.0. The van der Waals surface area contributed by atoms with Gasteiger partial charge in [-0.25, -0.2) is 0 Å². The standard InChI is InChI=1S/C27H29BrCl2N2O3/c1-4-23(27(34)31-14-17(2)3)32(15-19-9-11-20(29)13-22(19)30)25(33)16-35-24-12-10-18-7-5-6-8-21(18)26(24)28/h5-13,17,23H,4,14-16H2,1-3H3,(H,31,34). The molecule has 3 rings (SSSR count). The summed E-state index contributed by atoms with van der Waals surface area (Å²) in [7, 11) is 0. The zero-order valence-corrected chi connectivity index (χ0v) is 23.1. The third kappa shape index (κ3) is 7.12. The van der Waals surface area contributed by atoms with Gasteiger partial charge in [0.05, 0.1) is 4.47 Å². The van der Waals surface area contributed by atoms with Crippen LogP contribution in [0.3, 0.4) is 0 Å². The van der Waals surface area contributed by atoms with Gasteiger partial charge in [-0.3, -0.25) is 9.59 Å². The maximum atomic E-state index is 13.5. The number of nitrogens with one attached hydrogen (secondary N) is 1. The topological polar surface area (TPSA) is 58.6 Å². The fourth-order valence-corrected chi connectivity index (χ4v) is 4.80. The lowest BCUT2D eigenvalue weighted by atomic mass is 10.1. The van der Waals surface area contributed by atoms with Gasteiger partial charge in [0.2, 0.25) is 5.91 Å². The van der Waals surface area contributed by atoms with Crippen molar-refractivity contribution in [3.63, 3.8) is 0 Å². The molecule has 0 aliphatic rings. The van der Waals surface area contributed by atoms with E-state index in [2.05, 4.69) is 21.2 Å². The summed E-state index contributed by atoms with van der Waals surface area (Å²) in [6, 6.07) is 16.1. The molecule has 1 N–H and O–H groups in total. The van der Waals surface area contributed by atoms with E-state index in [0.29, 0.717) is 40.2 Å². The summed E-state index contributed by atoms with van der Waals surface area (Å²) in [5.41, 5.74) is 0.700. The summed E-state index contributed by atoms with van der Waals surface area (Å²) in [5, 5.41) is 5.93. The van der Waals surface area contributed by atoms with Gasteiger partial charge in [0, 0.05) is 23.1 Å². The van der Waals surface area contributed by atoms with Crippen molar-refractivity contribution in [2.45, 2.75) is 39.8 Å². The second-order valence-electron chi connectivity index (χ2n) is 8.71. The van der Waals surface area contributed by atoms with E-state index in [-0.39, 0.29) is 25.0 Å². The summed E-state index contributed by atoms with van der Waals surface area (Å²) in [4.78, 5) is 28.0. The summed E-state index contributed by atoms with van der Waals surface area (Å²) < 4.78 is 6.70. The summed E-state index contributed by atoms with van der Waals surface area (Å²) in [5.74, 6) is 0.327. The van der Waals surface area contributed by atoms with Gasteiger partial charge in [0.15, 0.2) is 6.61 Å². The molecule has 0 heterocycles. The van der Waals surface area contributed by atoms with E-state index in [1.165, 1.54) is 4.90 Å². The molecular formula is C27H29BrCl2N2O3. The zero-order valence-electron chi connectivity index (χ0n) is 20.0. The Morgan fingerprint density at radius 2 is 1.83 bits per heavy atom. The van der Waals surface area contributed by atoms with Gasteiger partial charge in [0.1, 0.15) is 11.8 Å². The van der Waals surface area contributed by atoms with Gasteiger partial charge < -0.3 is 15.0 Å². The van der Waals surface area contributed by atoms with E-state index in [1.807, 2.05) is 57.2 Å². The highest BCUT2D eigenvalue weighted by atomic mass is 79.9. The Bertz CT molecular complexity index is 1200. The zero-order chi connectivity index (χ0) is 25.5. The molecule has 0 aliphatic heterocycles. The van der Waals surface area contributed by atoms with Crippen molar-refractivity contribution in [1.29, 1.82) is 0 Å². The fourth-order valence-electron chi connectivity index (χ4n) is 3.72. The van der Waals surface area contributed by atoms with E-state index in [1.54, 1.807) is 18.2 Å². The highest BCUT2D eigenvalue weighted by Gasteiger charge is 2.29. The maximum Gasteiger partial charge on any atom is 0.261 e. The number of amides is 2. The van der Waals surface area contributed by atoms with Crippen molar-refractivity contribution in [2.24, 2.45) is 5.92 Å². The molecule has 0 saturated carbocycles. The summed E-state index contributed by atoms with van der Waals surface area (Å²) in [6.45, 7) is 6.38. The number of rotatable bonds is 10. The smallest absolute Gasteiger partial charge is 0.261 e. The minimum Gasteiger partial charge on any atom is -0.483 e. The molecule has 3 aromatic rings. The Kier molecular flexibility index (Phi) is 9.84. The lowest BCUT2D eigenvalue weighted by molar-refractivity contribution is -0.143. The van der Waals surface area contributed by atoms with Crippen LogP contribution in [0.25, 0.3) is 10.8 Å². The van der Waals surface area contributed by atoms with Crippen LogP contribution < -0.4 is 10.1 Å². The SMILES string of the molecule is CCC(C(=O)NCC(C)C)N(Cc1ccc(Cl)cc1Cl)C(=O)COc1ccc2ccccc2c1Br. The van der Waals surface area contributed by atoms with Crippen molar-refractivity contribution in [3.8, 4) is 5.75 Å². The Morgan fingerprint density at radius 1 is 1.09 bits per heavy atom. The quantitative estimate of drug-likeness (QED) is 0.285. The fraction of sp³-hybridized carbons (Fsp3) is 0.333. The monoisotopic (exact) mass is 578 g/mol. The highest BCUT2D eigenvalue weighted by molar-refractivity contribution is 9.10. The van der Waals surface area contributed by atoms with Gasteiger partial charge >= 0.3 is 0 Å². The lowest BCUT2D eigenvalue weighted by Crippen LogP contribution is -2.50. The van der Waals surface area contributed by atoms with E-state index in [9.17, 15) is 9.59 Å². The van der Waals surface area contributed by atoms with Crippen LogP contribution in [0, 0.1) is 5.92 Å². The molecule has 3 aromatic carbocycles. The summed E-state index contributed by atoms with van der Waals surface area (Å²) >= 11 is 16.0. The van der Waals surface area contributed by atoms with Crippen molar-refractivity contribution in [1.82, 2.24) is 10.2 Å². The first kappa shape index (κ1) is 27.3. The molecule has 0 radical (unpaired) electrons. The first-order valence-corrected chi connectivity index (χ1v) is 13.1. The van der Waals surface area contributed by atoms with E-state index in [0.717, 1.165) is 15.2 Å². The number of nitrogens with zero attached hydrogens (tertiary/aromatic N) is 1. The third-order valence-electron chi connectivity index (χ3n) is 5.61. The van der Waals surface area contributed by atoms with Crippen LogP contribution in [-0.2, 0) is 16.1 Å². The minimum absolute atomic E-state index is 0.157. The molecule has 0 fully saturated rings. The van der Waals surface area contributed by atoms with Crippen molar-refractivity contribution >= 4 is 61.7 Å². The van der Waals surface area contributed by atoms with Gasteiger partial charge in [-0.05, 0) is 62.8 Å². The molecule has 1 atom stereocenters. The van der Waals surface area contributed by atoms with Gasteiger partial charge in [-0.2, -0.15) is 0 Å². The Hall–Kier alpha value is -2.28. The molecule has 1 unspecified atom stereocenters. The Balaban J connectivity index is 1.84. The molecule has 35 heavy (non-hydrogen) atoms. The van der Waals surface area contributed by atoms with E-state index in [4.69, 9.17) is 27.9 Å². The van der Waals surface area contributed by atoms with Crippen LogP contribution in [0.5, 0.6) is 5.75 Å². The van der Waals surface area contributed by atoms with Crippen LogP contribution in [0.2, 0.25) is 10.0 Å². The van der Waals surface area contributed by atoms with Crippen LogP contribution in [0.15, 0.2) is 59.1 Å². The first-order valence-electron chi connectivity index (χ1n) is 11.5. The molecule has 0 saturated heterocycles. The average Bonchev–Trinajstić information content (AvgIpc) is 2.83. The van der Waals surface area contributed by atoms with E-state index < -0.39 is 6.04 Å². The third-order valence-corrected chi connectivity index (χ3v) is 7.01. The molecule has 0 bridgehead atoms. The van der Waals surface area contributed by atoms with Crippen molar-refractivity contribution in [3.05, 3.63) is 74.7 Å². The minimum atomic E-state index is -0.670. The first-order chi connectivity index (χ1) is 16.7. The maximum absolute atomic E-state index is 13.5. The molecule has 5 nitrogen and oxygen atoms in total. The van der Waals surface area contributed by atoms with Crippen molar-refractivity contribution in [2.75, 3.05) is 13.2 Å². The van der Waals surface area contributed by atoms with Crippen molar-refractivity contribution < 1.29 is 14.3 Å². The number of carbonyl (C=O) groups is 2. The van der Waals surface area contributed by atoms with Crippen LogP contribution >= 0.6 is 39.1 Å². The molecule has 0 spiro atoms. The average molecular weight is 580 g/mol. The van der Waals surface area contributed by atoms with Gasteiger partial charge in [-0.1, -0.05) is 80.4 Å². The van der Waals surface area contributed by atoms with Gasteiger partial charge in [-0.15, -0.1) is 0 Å². The van der Waals surface area contributed by atoms with Crippen LogP contribution in [0.1, 0.15) is 32.8 Å². The number of carbonyl (C=O) groups excluding carboxylic acids is 2. The predicted molar refractivity (Wildman–Crippen MR) is 146 cm³/mol. The predicted octanol–water partition coefficient (Wildman–Crippen LogP) is 6.87. The Morgan fingerprint density at radius 3 is 2.51 bits per heavy atom.